The van der Waals surface area contributed by atoms with Crippen LogP contribution in [-0.4, -0.2) is 5.24 Å². The summed E-state index contributed by atoms with van der Waals surface area (Å²) in [4.78, 5) is 11.8. The van der Waals surface area contributed by atoms with Crippen LogP contribution in [0, 0.1) is 0 Å². The van der Waals surface area contributed by atoms with Crippen molar-refractivity contribution in [1.82, 2.24) is 0 Å². The Hall–Kier alpha value is -1.25. The average molecular weight is 283 g/mol. The lowest BCUT2D eigenvalue weighted by Gasteiger charge is -2.25. The molecule has 0 saturated carbocycles. The van der Waals surface area contributed by atoms with E-state index in [9.17, 15) is 4.79 Å². The number of halogens is 2. The molecule has 1 unspecified atom stereocenters. The van der Waals surface area contributed by atoms with E-state index in [1.807, 2.05) is 24.3 Å². The average Bonchev–Trinajstić information content (AvgIpc) is 2.81. The second-order valence-electron chi connectivity index (χ2n) is 4.34. The molecule has 0 aliphatic rings. The SMILES string of the molecule is CC(Cc1ccco1)(C(=O)Cl)c1ccccc1Cl. The Kier molecular flexibility index (Phi) is 3.79. The molecule has 1 atom stereocenters. The van der Waals surface area contributed by atoms with Crippen molar-refractivity contribution < 1.29 is 9.21 Å². The van der Waals surface area contributed by atoms with E-state index < -0.39 is 10.7 Å². The minimum atomic E-state index is -0.891. The lowest BCUT2D eigenvalue weighted by molar-refractivity contribution is -0.116. The van der Waals surface area contributed by atoms with Gasteiger partial charge in [-0.05, 0) is 42.3 Å². The van der Waals surface area contributed by atoms with Crippen molar-refractivity contribution in [3.8, 4) is 0 Å². The standard InChI is InChI=1S/C14H12Cl2O2/c1-14(13(16)17,9-10-5-4-8-18-10)11-6-2-3-7-12(11)15/h2-8H,9H2,1H3. The van der Waals surface area contributed by atoms with E-state index >= 15 is 0 Å². The van der Waals surface area contributed by atoms with Gasteiger partial charge in [-0.25, -0.2) is 0 Å². The van der Waals surface area contributed by atoms with E-state index in [1.165, 1.54) is 0 Å². The summed E-state index contributed by atoms with van der Waals surface area (Å²) < 4.78 is 5.29. The number of hydrogen-bond acceptors (Lipinski definition) is 2. The highest BCUT2D eigenvalue weighted by Crippen LogP contribution is 2.35. The van der Waals surface area contributed by atoms with Gasteiger partial charge in [0.1, 0.15) is 5.76 Å². The van der Waals surface area contributed by atoms with E-state index in [0.29, 0.717) is 22.8 Å². The molecular formula is C14H12Cl2O2. The first-order chi connectivity index (χ1) is 8.54. The van der Waals surface area contributed by atoms with Crippen molar-refractivity contribution in [3.05, 3.63) is 59.0 Å². The van der Waals surface area contributed by atoms with Crippen LogP contribution in [0.5, 0.6) is 0 Å². The fraction of sp³-hybridized carbons (Fsp3) is 0.214. The molecule has 1 aromatic heterocycles. The summed E-state index contributed by atoms with van der Waals surface area (Å²) in [5.41, 5.74) is -0.180. The molecule has 0 spiro atoms. The van der Waals surface area contributed by atoms with Crippen LogP contribution in [0.25, 0.3) is 0 Å². The summed E-state index contributed by atoms with van der Waals surface area (Å²) in [6.45, 7) is 1.77. The highest BCUT2D eigenvalue weighted by Gasteiger charge is 2.36. The zero-order valence-corrected chi connectivity index (χ0v) is 11.3. The number of rotatable bonds is 4. The lowest BCUT2D eigenvalue weighted by atomic mass is 9.80. The molecular weight excluding hydrogens is 271 g/mol. The second-order valence-corrected chi connectivity index (χ2v) is 5.09. The molecule has 2 nitrogen and oxygen atoms in total. The van der Waals surface area contributed by atoms with Gasteiger partial charge >= 0.3 is 0 Å². The maximum atomic E-state index is 11.8. The molecule has 0 bridgehead atoms. The van der Waals surface area contributed by atoms with Crippen LogP contribution < -0.4 is 0 Å². The smallest absolute Gasteiger partial charge is 0.232 e. The van der Waals surface area contributed by atoms with E-state index in [2.05, 4.69) is 0 Å². The number of carbonyl (C=O) groups is 1. The Morgan fingerprint density at radius 1 is 1.28 bits per heavy atom. The molecule has 0 aliphatic carbocycles. The van der Waals surface area contributed by atoms with E-state index in [4.69, 9.17) is 27.6 Å². The van der Waals surface area contributed by atoms with Gasteiger partial charge in [0.2, 0.25) is 5.24 Å². The van der Waals surface area contributed by atoms with Crippen LogP contribution in [0.15, 0.2) is 47.1 Å². The Morgan fingerprint density at radius 2 is 2.00 bits per heavy atom. The molecule has 0 fully saturated rings. The lowest BCUT2D eigenvalue weighted by Crippen LogP contribution is -2.32. The predicted octanol–water partition coefficient (Wildman–Crippen LogP) is 4.20. The van der Waals surface area contributed by atoms with E-state index in [0.717, 1.165) is 0 Å². The van der Waals surface area contributed by atoms with Gasteiger partial charge in [0.25, 0.3) is 0 Å². The monoisotopic (exact) mass is 282 g/mol. The third kappa shape index (κ3) is 2.45. The molecule has 0 aliphatic heterocycles. The third-order valence-electron chi connectivity index (χ3n) is 3.01. The highest BCUT2D eigenvalue weighted by molar-refractivity contribution is 6.65. The Labute approximate surface area is 116 Å². The molecule has 18 heavy (non-hydrogen) atoms. The molecule has 0 radical (unpaired) electrons. The summed E-state index contributed by atoms with van der Waals surface area (Å²) in [5.74, 6) is 0.700. The van der Waals surface area contributed by atoms with Crippen LogP contribution in [0.1, 0.15) is 18.2 Å². The first kappa shape index (κ1) is 13.2. The fourth-order valence-electron chi connectivity index (χ4n) is 1.94. The van der Waals surface area contributed by atoms with Gasteiger partial charge in [0.05, 0.1) is 11.7 Å². The summed E-state index contributed by atoms with van der Waals surface area (Å²) in [5, 5.41) is 0.0764. The quantitative estimate of drug-likeness (QED) is 0.787. The number of furan rings is 1. The van der Waals surface area contributed by atoms with Gasteiger partial charge in [-0.3, -0.25) is 4.79 Å². The van der Waals surface area contributed by atoms with E-state index in [-0.39, 0.29) is 0 Å². The summed E-state index contributed by atoms with van der Waals surface area (Å²) in [6.07, 6.45) is 1.95. The van der Waals surface area contributed by atoms with Crippen LogP contribution in [0.2, 0.25) is 5.02 Å². The highest BCUT2D eigenvalue weighted by atomic mass is 35.5. The topological polar surface area (TPSA) is 30.2 Å². The van der Waals surface area contributed by atoms with E-state index in [1.54, 1.807) is 25.3 Å². The van der Waals surface area contributed by atoms with Gasteiger partial charge in [-0.1, -0.05) is 29.8 Å². The largest absolute Gasteiger partial charge is 0.469 e. The van der Waals surface area contributed by atoms with Gasteiger partial charge < -0.3 is 4.42 Å². The van der Waals surface area contributed by atoms with Crippen molar-refractivity contribution in [3.63, 3.8) is 0 Å². The van der Waals surface area contributed by atoms with Crippen molar-refractivity contribution in [1.29, 1.82) is 0 Å². The molecule has 0 amide bonds. The Bertz CT molecular complexity index is 549. The Balaban J connectivity index is 2.45. The van der Waals surface area contributed by atoms with Crippen LogP contribution >= 0.6 is 23.2 Å². The first-order valence-corrected chi connectivity index (χ1v) is 6.27. The second kappa shape index (κ2) is 5.17. The summed E-state index contributed by atoms with van der Waals surface area (Å²) in [7, 11) is 0. The van der Waals surface area contributed by atoms with Gasteiger partial charge in [-0.2, -0.15) is 0 Å². The first-order valence-electron chi connectivity index (χ1n) is 5.51. The third-order valence-corrected chi connectivity index (χ3v) is 3.76. The minimum absolute atomic E-state index is 0.381. The molecule has 4 heteroatoms. The normalized spacial score (nSPS) is 14.2. The van der Waals surface area contributed by atoms with Crippen molar-refractivity contribution in [2.24, 2.45) is 0 Å². The number of benzene rings is 1. The summed E-state index contributed by atoms with van der Waals surface area (Å²) >= 11 is 11.9. The van der Waals surface area contributed by atoms with Crippen LogP contribution in [0.3, 0.4) is 0 Å². The zero-order valence-electron chi connectivity index (χ0n) is 9.82. The molecule has 94 valence electrons. The van der Waals surface area contributed by atoms with Crippen molar-refractivity contribution >= 4 is 28.4 Å². The number of carbonyl (C=O) groups excluding carboxylic acids is 1. The minimum Gasteiger partial charge on any atom is -0.469 e. The van der Waals surface area contributed by atoms with Crippen LogP contribution in [-0.2, 0) is 16.6 Å². The maximum Gasteiger partial charge on any atom is 0.232 e. The maximum absolute atomic E-state index is 11.8. The molecule has 0 N–H and O–H groups in total. The Morgan fingerprint density at radius 3 is 2.56 bits per heavy atom. The van der Waals surface area contributed by atoms with Gasteiger partial charge in [0, 0.05) is 11.4 Å². The molecule has 0 saturated heterocycles. The van der Waals surface area contributed by atoms with Crippen LogP contribution in [0.4, 0.5) is 0 Å². The van der Waals surface area contributed by atoms with Crippen molar-refractivity contribution in [2.75, 3.05) is 0 Å². The van der Waals surface area contributed by atoms with Gasteiger partial charge in [-0.15, -0.1) is 0 Å². The van der Waals surface area contributed by atoms with Crippen molar-refractivity contribution in [2.45, 2.75) is 18.8 Å². The molecule has 1 heterocycles. The molecule has 2 aromatic rings. The molecule has 1 aromatic carbocycles. The molecule has 2 rings (SSSR count). The number of hydrogen-bond donors (Lipinski definition) is 0. The zero-order chi connectivity index (χ0) is 13.2. The van der Waals surface area contributed by atoms with Gasteiger partial charge in [0.15, 0.2) is 0 Å². The summed E-state index contributed by atoms with van der Waals surface area (Å²) in [6, 6.07) is 10.8. The fourth-order valence-corrected chi connectivity index (χ4v) is 2.45. The predicted molar refractivity (Wildman–Crippen MR) is 72.1 cm³/mol.